The fourth-order valence-corrected chi connectivity index (χ4v) is 3.23. The Hall–Kier alpha value is 0.160. The zero-order chi connectivity index (χ0) is 11.4. The van der Waals surface area contributed by atoms with Crippen LogP contribution in [-0.2, 0) is 4.79 Å². The van der Waals surface area contributed by atoms with Crippen molar-refractivity contribution >= 4 is 28.8 Å². The quantitative estimate of drug-likeness (QED) is 0.621. The van der Waals surface area contributed by atoms with Gasteiger partial charge in [-0.05, 0) is 25.7 Å². The Bertz CT molecular complexity index is 233. The number of piperidine rings is 1. The number of halogens is 1. The lowest BCUT2D eigenvalue weighted by atomic mass is 9.88. The maximum Gasteiger partial charge on any atom is 0.223 e. The van der Waals surface area contributed by atoms with Gasteiger partial charge in [0.1, 0.15) is 0 Å². The summed E-state index contributed by atoms with van der Waals surface area (Å²) in [6.45, 7) is 2.21. The molecular formula is C12H21IN2O. The second-order valence-corrected chi connectivity index (χ2v) is 6.39. The minimum absolute atomic E-state index is 0.311. The first-order chi connectivity index (χ1) is 7.75. The van der Waals surface area contributed by atoms with E-state index in [1.165, 1.54) is 19.3 Å². The average molecular weight is 336 g/mol. The van der Waals surface area contributed by atoms with E-state index >= 15 is 0 Å². The summed E-state index contributed by atoms with van der Waals surface area (Å²) in [6.07, 6.45) is 8.24. The summed E-state index contributed by atoms with van der Waals surface area (Å²) in [7, 11) is 0. The predicted octanol–water partition coefficient (Wildman–Crippen LogP) is 2.50. The van der Waals surface area contributed by atoms with Crippen LogP contribution >= 0.6 is 22.9 Å². The second-order valence-electron chi connectivity index (χ2n) is 5.03. The summed E-state index contributed by atoms with van der Waals surface area (Å²) in [5, 5.41) is 3.24. The average Bonchev–Trinajstić information content (AvgIpc) is 2.33. The monoisotopic (exact) mass is 336 g/mol. The smallest absolute Gasteiger partial charge is 0.223 e. The van der Waals surface area contributed by atoms with E-state index in [0.717, 1.165) is 38.8 Å². The van der Waals surface area contributed by atoms with Crippen LogP contribution in [0.25, 0.3) is 0 Å². The van der Waals surface area contributed by atoms with Crippen LogP contribution in [0.4, 0.5) is 0 Å². The fraction of sp³-hybridized carbons (Fsp3) is 0.917. The molecule has 2 aliphatic rings. The minimum atomic E-state index is 0.311. The number of hydrogen-bond acceptors (Lipinski definition) is 2. The molecule has 1 amide bonds. The highest BCUT2D eigenvalue weighted by molar-refractivity contribution is 14.1. The van der Waals surface area contributed by atoms with Gasteiger partial charge in [-0.2, -0.15) is 0 Å². The lowest BCUT2D eigenvalue weighted by Crippen LogP contribution is -2.44. The third-order valence-corrected chi connectivity index (χ3v) is 4.73. The van der Waals surface area contributed by atoms with Crippen molar-refractivity contribution in [2.45, 2.75) is 51.0 Å². The van der Waals surface area contributed by atoms with Crippen LogP contribution in [-0.4, -0.2) is 28.2 Å². The van der Waals surface area contributed by atoms with E-state index in [9.17, 15) is 4.79 Å². The third kappa shape index (κ3) is 3.58. The molecule has 0 aromatic carbocycles. The Kier molecular flexibility index (Phi) is 4.88. The molecule has 1 N–H and O–H groups in total. The molecule has 0 unspecified atom stereocenters. The van der Waals surface area contributed by atoms with Gasteiger partial charge in [-0.15, -0.1) is 0 Å². The Balaban J connectivity index is 1.73. The highest BCUT2D eigenvalue weighted by Crippen LogP contribution is 2.24. The summed E-state index contributed by atoms with van der Waals surface area (Å²) in [4.78, 5) is 12.0. The molecular weight excluding hydrogens is 315 g/mol. The molecule has 4 heteroatoms. The van der Waals surface area contributed by atoms with Crippen molar-refractivity contribution in [1.82, 2.24) is 8.43 Å². The van der Waals surface area contributed by atoms with E-state index in [1.54, 1.807) is 0 Å². The lowest BCUT2D eigenvalue weighted by Gasteiger charge is -2.30. The molecule has 92 valence electrons. The number of amides is 1. The van der Waals surface area contributed by atoms with Crippen LogP contribution in [0.3, 0.4) is 0 Å². The van der Waals surface area contributed by atoms with Gasteiger partial charge in [0.05, 0.1) is 0 Å². The Morgan fingerprint density at radius 1 is 1.06 bits per heavy atom. The Morgan fingerprint density at radius 2 is 1.69 bits per heavy atom. The van der Waals surface area contributed by atoms with Crippen molar-refractivity contribution < 1.29 is 4.79 Å². The number of rotatable bonds is 2. The van der Waals surface area contributed by atoms with Crippen LogP contribution in [0.5, 0.6) is 0 Å². The second kappa shape index (κ2) is 6.19. The molecule has 0 radical (unpaired) electrons. The zero-order valence-corrected chi connectivity index (χ0v) is 11.9. The summed E-state index contributed by atoms with van der Waals surface area (Å²) in [5.74, 6) is 0.637. The highest BCUT2D eigenvalue weighted by Gasteiger charge is 2.25. The van der Waals surface area contributed by atoms with Gasteiger partial charge in [0.2, 0.25) is 5.91 Å². The van der Waals surface area contributed by atoms with Gasteiger partial charge in [-0.25, -0.2) is 3.11 Å². The SMILES string of the molecule is O=C(NC1CCN(I)CC1)C1CCCCC1. The molecule has 0 aromatic rings. The van der Waals surface area contributed by atoms with Gasteiger partial charge >= 0.3 is 0 Å². The normalized spacial score (nSPS) is 25.6. The van der Waals surface area contributed by atoms with Gasteiger partial charge in [0, 0.05) is 47.9 Å². The molecule has 1 heterocycles. The molecule has 0 aromatic heterocycles. The van der Waals surface area contributed by atoms with E-state index in [-0.39, 0.29) is 0 Å². The molecule has 1 saturated heterocycles. The first-order valence-electron chi connectivity index (χ1n) is 6.47. The first-order valence-corrected chi connectivity index (χ1v) is 7.43. The van der Waals surface area contributed by atoms with Crippen molar-refractivity contribution in [2.75, 3.05) is 13.1 Å². The number of carbonyl (C=O) groups excluding carboxylic acids is 1. The van der Waals surface area contributed by atoms with E-state index in [4.69, 9.17) is 0 Å². The number of nitrogens with one attached hydrogen (secondary N) is 1. The van der Waals surface area contributed by atoms with E-state index in [1.807, 2.05) is 0 Å². The summed E-state index contributed by atoms with van der Waals surface area (Å²) >= 11 is 2.36. The maximum absolute atomic E-state index is 12.0. The molecule has 0 spiro atoms. The molecule has 1 aliphatic heterocycles. The zero-order valence-electron chi connectivity index (χ0n) is 9.75. The van der Waals surface area contributed by atoms with Gasteiger partial charge in [-0.3, -0.25) is 4.79 Å². The van der Waals surface area contributed by atoms with Gasteiger partial charge in [0.15, 0.2) is 0 Å². The molecule has 1 aliphatic carbocycles. The molecule has 0 bridgehead atoms. The van der Waals surface area contributed by atoms with Crippen LogP contribution in [0.1, 0.15) is 44.9 Å². The number of hydrogen-bond donors (Lipinski definition) is 1. The fourth-order valence-electron chi connectivity index (χ4n) is 2.68. The topological polar surface area (TPSA) is 32.3 Å². The lowest BCUT2D eigenvalue weighted by molar-refractivity contribution is -0.126. The first kappa shape index (κ1) is 12.6. The van der Waals surface area contributed by atoms with Gasteiger partial charge < -0.3 is 5.32 Å². The van der Waals surface area contributed by atoms with E-state index < -0.39 is 0 Å². The maximum atomic E-state index is 12.0. The Morgan fingerprint density at radius 3 is 2.31 bits per heavy atom. The molecule has 2 fully saturated rings. The summed E-state index contributed by atoms with van der Waals surface area (Å²) in [6, 6.07) is 0.431. The van der Waals surface area contributed by atoms with Crippen molar-refractivity contribution in [3.05, 3.63) is 0 Å². The van der Waals surface area contributed by atoms with Gasteiger partial charge in [-0.1, -0.05) is 19.3 Å². The molecule has 3 nitrogen and oxygen atoms in total. The third-order valence-electron chi connectivity index (χ3n) is 3.76. The van der Waals surface area contributed by atoms with Crippen molar-refractivity contribution in [1.29, 1.82) is 0 Å². The van der Waals surface area contributed by atoms with E-state index in [2.05, 4.69) is 31.3 Å². The number of nitrogens with zero attached hydrogens (tertiary/aromatic N) is 1. The van der Waals surface area contributed by atoms with Gasteiger partial charge in [0.25, 0.3) is 0 Å². The minimum Gasteiger partial charge on any atom is -0.353 e. The standard InChI is InChI=1S/C12H21IN2O/c13-15-8-6-11(7-9-15)14-12(16)10-4-2-1-3-5-10/h10-11H,1-9H2,(H,14,16). The summed E-state index contributed by atoms with van der Waals surface area (Å²) < 4.78 is 2.31. The largest absolute Gasteiger partial charge is 0.353 e. The van der Waals surface area contributed by atoms with Crippen LogP contribution in [0.2, 0.25) is 0 Å². The predicted molar refractivity (Wildman–Crippen MR) is 73.3 cm³/mol. The molecule has 16 heavy (non-hydrogen) atoms. The van der Waals surface area contributed by atoms with Crippen molar-refractivity contribution in [3.8, 4) is 0 Å². The summed E-state index contributed by atoms with van der Waals surface area (Å²) in [5.41, 5.74) is 0. The van der Waals surface area contributed by atoms with E-state index in [0.29, 0.717) is 17.9 Å². The highest BCUT2D eigenvalue weighted by atomic mass is 127. The number of carbonyl (C=O) groups is 1. The van der Waals surface area contributed by atoms with Crippen LogP contribution in [0, 0.1) is 5.92 Å². The van der Waals surface area contributed by atoms with Crippen LogP contribution < -0.4 is 5.32 Å². The van der Waals surface area contributed by atoms with Crippen molar-refractivity contribution in [2.24, 2.45) is 5.92 Å². The van der Waals surface area contributed by atoms with Crippen molar-refractivity contribution in [3.63, 3.8) is 0 Å². The van der Waals surface area contributed by atoms with Crippen LogP contribution in [0.15, 0.2) is 0 Å². The molecule has 1 saturated carbocycles. The molecule has 0 atom stereocenters. The molecule has 2 rings (SSSR count). The Labute approximate surface area is 112 Å².